The van der Waals surface area contributed by atoms with Crippen LogP contribution >= 0.6 is 0 Å². The number of hydrogen-bond donors (Lipinski definition) is 1. The first-order valence-corrected chi connectivity index (χ1v) is 9.30. The molecule has 0 aliphatic heterocycles. The second-order valence-electron chi connectivity index (χ2n) is 6.00. The number of benzene rings is 2. The maximum Gasteiger partial charge on any atom is 0.271 e. The number of aromatic nitrogens is 4. The molecule has 0 aliphatic rings. The molecule has 0 saturated carbocycles. The summed E-state index contributed by atoms with van der Waals surface area (Å²) in [5.41, 5.74) is 2.47. The van der Waals surface area contributed by atoms with Crippen LogP contribution in [0.15, 0.2) is 41.6 Å². The van der Waals surface area contributed by atoms with Crippen molar-refractivity contribution in [3.05, 3.63) is 63.5 Å². The number of anilines is 1. The number of tetrazole rings is 1. The SMILES string of the molecule is Cc1cc(NS(=O)(=O)c2cc([N+](=O)[O-])cc(C)c2C)ccc1-n1cnnn1. The van der Waals surface area contributed by atoms with E-state index in [-0.39, 0.29) is 10.6 Å². The van der Waals surface area contributed by atoms with Gasteiger partial charge in [-0.25, -0.2) is 13.1 Å². The van der Waals surface area contributed by atoms with E-state index in [9.17, 15) is 18.5 Å². The molecule has 0 aliphatic carbocycles. The molecule has 10 nitrogen and oxygen atoms in total. The van der Waals surface area contributed by atoms with E-state index in [1.54, 1.807) is 39.0 Å². The quantitative estimate of drug-likeness (QED) is 0.523. The lowest BCUT2D eigenvalue weighted by atomic mass is 10.1. The minimum atomic E-state index is -4.01. The average molecular weight is 388 g/mol. The molecule has 0 unspecified atom stereocenters. The third-order valence-corrected chi connectivity index (χ3v) is 5.66. The Morgan fingerprint density at radius 2 is 1.85 bits per heavy atom. The van der Waals surface area contributed by atoms with E-state index >= 15 is 0 Å². The fourth-order valence-corrected chi connectivity index (χ4v) is 4.04. The van der Waals surface area contributed by atoms with Gasteiger partial charge in [0.2, 0.25) is 0 Å². The van der Waals surface area contributed by atoms with Crippen LogP contribution in [-0.2, 0) is 10.0 Å². The van der Waals surface area contributed by atoms with Gasteiger partial charge in [0.1, 0.15) is 6.33 Å². The Morgan fingerprint density at radius 1 is 1.11 bits per heavy atom. The molecule has 0 amide bonds. The summed E-state index contributed by atoms with van der Waals surface area (Å²) >= 11 is 0. The first-order chi connectivity index (χ1) is 12.7. The van der Waals surface area contributed by atoms with Crippen molar-refractivity contribution in [3.63, 3.8) is 0 Å². The third-order valence-electron chi connectivity index (χ3n) is 4.15. The second-order valence-corrected chi connectivity index (χ2v) is 7.65. The van der Waals surface area contributed by atoms with Crippen LogP contribution in [0.5, 0.6) is 0 Å². The molecular weight excluding hydrogens is 372 g/mol. The van der Waals surface area contributed by atoms with Gasteiger partial charge in [0.05, 0.1) is 15.5 Å². The summed E-state index contributed by atoms with van der Waals surface area (Å²) in [6.45, 7) is 5.03. The Hall–Kier alpha value is -3.34. The molecule has 0 spiro atoms. The number of sulfonamides is 1. The van der Waals surface area contributed by atoms with E-state index in [0.29, 0.717) is 22.5 Å². The smallest absolute Gasteiger partial charge is 0.271 e. The van der Waals surface area contributed by atoms with Crippen molar-refractivity contribution in [1.29, 1.82) is 0 Å². The highest BCUT2D eigenvalue weighted by Crippen LogP contribution is 2.27. The molecule has 11 heteroatoms. The van der Waals surface area contributed by atoms with Gasteiger partial charge in [-0.15, -0.1) is 5.10 Å². The van der Waals surface area contributed by atoms with Gasteiger partial charge >= 0.3 is 0 Å². The van der Waals surface area contributed by atoms with Gasteiger partial charge in [-0.2, -0.15) is 0 Å². The summed E-state index contributed by atoms with van der Waals surface area (Å²) in [4.78, 5) is 10.3. The fraction of sp³-hybridized carbons (Fsp3) is 0.188. The van der Waals surface area contributed by atoms with Crippen molar-refractivity contribution in [2.24, 2.45) is 0 Å². The number of rotatable bonds is 5. The number of aryl methyl sites for hydroxylation is 2. The van der Waals surface area contributed by atoms with Gasteiger partial charge in [-0.05, 0) is 66.1 Å². The van der Waals surface area contributed by atoms with Gasteiger partial charge in [-0.1, -0.05) is 0 Å². The van der Waals surface area contributed by atoms with Gasteiger partial charge < -0.3 is 0 Å². The standard InChI is InChI=1S/C16H16N6O4S/c1-10-7-14(22(23)24)8-16(12(10)3)27(25,26)18-13-4-5-15(11(2)6-13)21-9-17-19-20-21/h4-9,18H,1-3H3. The summed E-state index contributed by atoms with van der Waals surface area (Å²) in [6.07, 6.45) is 1.43. The number of hydrogen-bond acceptors (Lipinski definition) is 7. The van der Waals surface area contributed by atoms with E-state index in [1.807, 2.05) is 0 Å². The van der Waals surface area contributed by atoms with Gasteiger partial charge in [0.15, 0.2) is 0 Å². The summed E-state index contributed by atoms with van der Waals surface area (Å²) in [5.74, 6) is 0. The average Bonchev–Trinajstić information content (AvgIpc) is 3.10. The van der Waals surface area contributed by atoms with E-state index in [4.69, 9.17) is 0 Å². The van der Waals surface area contributed by atoms with Crippen LogP contribution in [0.3, 0.4) is 0 Å². The first kappa shape index (κ1) is 18.5. The molecular formula is C16H16N6O4S. The first-order valence-electron chi connectivity index (χ1n) is 7.81. The number of nitrogens with one attached hydrogen (secondary N) is 1. The molecule has 1 N–H and O–H groups in total. The number of non-ortho nitro benzene ring substituents is 1. The van der Waals surface area contributed by atoms with Crippen LogP contribution in [0, 0.1) is 30.9 Å². The van der Waals surface area contributed by atoms with Crippen molar-refractivity contribution < 1.29 is 13.3 Å². The molecule has 3 rings (SSSR count). The Labute approximate surface area is 155 Å². The van der Waals surface area contributed by atoms with Crippen LogP contribution in [-0.4, -0.2) is 33.5 Å². The fourth-order valence-electron chi connectivity index (χ4n) is 2.65. The van der Waals surface area contributed by atoms with Gasteiger partial charge in [0.25, 0.3) is 15.7 Å². The Bertz CT molecular complexity index is 1130. The molecule has 0 bridgehead atoms. The summed E-state index contributed by atoms with van der Waals surface area (Å²) < 4.78 is 29.5. The van der Waals surface area contributed by atoms with Crippen molar-refractivity contribution >= 4 is 21.4 Å². The minimum absolute atomic E-state index is 0.128. The molecule has 2 aromatic carbocycles. The zero-order valence-electron chi connectivity index (χ0n) is 14.7. The maximum atomic E-state index is 12.8. The van der Waals surface area contributed by atoms with Crippen molar-refractivity contribution in [1.82, 2.24) is 20.2 Å². The highest BCUT2D eigenvalue weighted by atomic mass is 32.2. The topological polar surface area (TPSA) is 133 Å². The van der Waals surface area contributed by atoms with Crippen molar-refractivity contribution in [2.75, 3.05) is 4.72 Å². The van der Waals surface area contributed by atoms with E-state index in [0.717, 1.165) is 11.6 Å². The Balaban J connectivity index is 1.98. The molecule has 27 heavy (non-hydrogen) atoms. The third kappa shape index (κ3) is 3.62. The van der Waals surface area contributed by atoms with Crippen LogP contribution in [0.25, 0.3) is 5.69 Å². The molecule has 0 radical (unpaired) electrons. The Kier molecular flexibility index (Phi) is 4.62. The van der Waals surface area contributed by atoms with Crippen LogP contribution < -0.4 is 4.72 Å². The molecule has 3 aromatic rings. The summed E-state index contributed by atoms with van der Waals surface area (Å²) in [5, 5.41) is 22.0. The molecule has 1 aromatic heterocycles. The van der Waals surface area contributed by atoms with E-state index < -0.39 is 14.9 Å². The zero-order valence-corrected chi connectivity index (χ0v) is 15.6. The lowest BCUT2D eigenvalue weighted by Crippen LogP contribution is -2.15. The van der Waals surface area contributed by atoms with E-state index in [1.165, 1.54) is 17.1 Å². The maximum absolute atomic E-state index is 12.8. The highest BCUT2D eigenvalue weighted by molar-refractivity contribution is 7.92. The second kappa shape index (κ2) is 6.76. The number of nitrogens with zero attached hydrogens (tertiary/aromatic N) is 5. The predicted molar refractivity (Wildman–Crippen MR) is 97.3 cm³/mol. The van der Waals surface area contributed by atoms with Gasteiger partial charge in [0, 0.05) is 17.8 Å². The molecule has 1 heterocycles. The van der Waals surface area contributed by atoms with Crippen molar-refractivity contribution in [2.45, 2.75) is 25.7 Å². The number of nitro groups is 1. The van der Waals surface area contributed by atoms with Crippen molar-refractivity contribution in [3.8, 4) is 5.69 Å². The lowest BCUT2D eigenvalue weighted by molar-refractivity contribution is -0.385. The zero-order chi connectivity index (χ0) is 19.8. The lowest BCUT2D eigenvalue weighted by Gasteiger charge is -2.13. The largest absolute Gasteiger partial charge is 0.280 e. The normalized spacial score (nSPS) is 11.4. The minimum Gasteiger partial charge on any atom is -0.280 e. The monoisotopic (exact) mass is 388 g/mol. The van der Waals surface area contributed by atoms with Crippen LogP contribution in [0.2, 0.25) is 0 Å². The van der Waals surface area contributed by atoms with E-state index in [2.05, 4.69) is 20.2 Å². The summed E-state index contributed by atoms with van der Waals surface area (Å²) in [7, 11) is -4.01. The molecule has 140 valence electrons. The van der Waals surface area contributed by atoms with Crippen LogP contribution in [0.1, 0.15) is 16.7 Å². The number of nitro benzene ring substituents is 1. The highest BCUT2D eigenvalue weighted by Gasteiger charge is 2.22. The van der Waals surface area contributed by atoms with Crippen LogP contribution in [0.4, 0.5) is 11.4 Å². The van der Waals surface area contributed by atoms with Gasteiger partial charge in [-0.3, -0.25) is 14.8 Å². The summed E-state index contributed by atoms with van der Waals surface area (Å²) in [6, 6.07) is 7.29. The molecule has 0 atom stereocenters. The molecule has 0 saturated heterocycles. The Morgan fingerprint density at radius 3 is 2.44 bits per heavy atom. The molecule has 0 fully saturated rings. The predicted octanol–water partition coefficient (Wildman–Crippen LogP) is 2.30.